The maximum absolute atomic E-state index is 12.6. The van der Waals surface area contributed by atoms with Crippen LogP contribution < -0.4 is 4.74 Å². The summed E-state index contributed by atoms with van der Waals surface area (Å²) in [5.74, 6) is -0.530. The molecule has 10 nitrogen and oxygen atoms in total. The Morgan fingerprint density at radius 2 is 2.00 bits per heavy atom. The number of hydrogen-bond donors (Lipinski definition) is 1. The van der Waals surface area contributed by atoms with Gasteiger partial charge in [-0.25, -0.2) is 9.48 Å². The number of pyridine rings is 1. The minimum Gasteiger partial charge on any atom is -0.489 e. The van der Waals surface area contributed by atoms with Crippen LogP contribution in [-0.2, 0) is 23.2 Å². The molecule has 2 aromatic rings. The molecule has 12 heteroatoms. The van der Waals surface area contributed by atoms with E-state index in [0.29, 0.717) is 35.7 Å². The number of carboxylic acid groups (broad SMARTS) is 1. The van der Waals surface area contributed by atoms with Crippen molar-refractivity contribution in [1.82, 2.24) is 24.9 Å². The van der Waals surface area contributed by atoms with E-state index in [1.165, 1.54) is 0 Å². The summed E-state index contributed by atoms with van der Waals surface area (Å²) in [5.41, 5.74) is 1.73. The second kappa shape index (κ2) is 12.7. The number of hydrogen-bond acceptors (Lipinski definition) is 7. The average molecular weight is 540 g/mol. The molecule has 2 aliphatic carbocycles. The van der Waals surface area contributed by atoms with Gasteiger partial charge < -0.3 is 19.5 Å². The lowest BCUT2D eigenvalue weighted by molar-refractivity contribution is -0.143. The number of ether oxygens (including phenoxy) is 2. The van der Waals surface area contributed by atoms with Crippen LogP contribution in [0.1, 0.15) is 64.0 Å². The summed E-state index contributed by atoms with van der Waals surface area (Å²) in [6, 6.07) is 3.58. The van der Waals surface area contributed by atoms with Crippen LogP contribution in [0.25, 0.3) is 11.4 Å². The van der Waals surface area contributed by atoms with Crippen LogP contribution in [0.2, 0.25) is 0 Å². The highest BCUT2D eigenvalue weighted by atomic mass is 32.1. The highest BCUT2D eigenvalue weighted by Gasteiger charge is 2.48. The van der Waals surface area contributed by atoms with Crippen molar-refractivity contribution in [2.45, 2.75) is 76.5 Å². The molecule has 0 bridgehead atoms. The van der Waals surface area contributed by atoms with Gasteiger partial charge >= 0.3 is 12.1 Å². The number of carbonyl (C=O) groups is 2. The molecule has 200 valence electrons. The van der Waals surface area contributed by atoms with Gasteiger partial charge in [0.25, 0.3) is 0 Å². The molecule has 0 radical (unpaired) electrons. The van der Waals surface area contributed by atoms with E-state index in [-0.39, 0.29) is 57.3 Å². The fraction of sp³-hybridized carbons (Fsp3) is 0.625. The molecule has 1 N–H and O–H groups in total. The first-order valence-corrected chi connectivity index (χ1v) is 12.0. The van der Waals surface area contributed by atoms with Crippen molar-refractivity contribution in [3.8, 4) is 17.1 Å². The first-order chi connectivity index (χ1) is 16.3. The monoisotopic (exact) mass is 539 g/mol. The zero-order chi connectivity index (χ0) is 24.3. The summed E-state index contributed by atoms with van der Waals surface area (Å²) in [4.78, 5) is 30.1. The molecule has 0 aromatic carbocycles. The largest absolute Gasteiger partial charge is 0.489 e. The molecule has 2 heterocycles. The minimum atomic E-state index is -0.762. The van der Waals surface area contributed by atoms with Gasteiger partial charge in [-0.2, -0.15) is 27.0 Å². The van der Waals surface area contributed by atoms with Crippen LogP contribution in [0.4, 0.5) is 4.79 Å². The number of carboxylic acids is 1. The first kappa shape index (κ1) is 29.8. The van der Waals surface area contributed by atoms with Gasteiger partial charge in [-0.15, -0.1) is 5.10 Å². The summed E-state index contributed by atoms with van der Waals surface area (Å²) in [6.45, 7) is 2.17. The standard InChI is InChI=1S/C24H33N5O5.2H2S/c1-4-10-24(11-12-24)28(2)23(32)33-15-20-21(26-27-29(20)3)19-9-8-18(14-25-19)34-17-7-5-6-16(13-17)22(30)31;;/h8-9,14,16-17H,4-7,10-13,15H2,1-3H3,(H,30,31);2*1H2/t16-,17-;;/m0../s1. The Hall–Kier alpha value is -2.47. The van der Waals surface area contributed by atoms with Crippen molar-refractivity contribution >= 4 is 39.1 Å². The zero-order valence-electron chi connectivity index (χ0n) is 21.1. The Morgan fingerprint density at radius 3 is 2.61 bits per heavy atom. The number of aliphatic carboxylic acids is 1. The number of carbonyl (C=O) groups excluding carboxylic acids is 1. The topological polar surface area (TPSA) is 120 Å². The number of aromatic nitrogens is 4. The number of rotatable bonds is 9. The fourth-order valence-corrected chi connectivity index (χ4v) is 4.78. The van der Waals surface area contributed by atoms with Gasteiger partial charge in [-0.05, 0) is 57.1 Å². The summed E-state index contributed by atoms with van der Waals surface area (Å²) in [5, 5.41) is 17.6. The Morgan fingerprint density at radius 1 is 1.25 bits per heavy atom. The van der Waals surface area contributed by atoms with Crippen LogP contribution in [-0.4, -0.2) is 60.7 Å². The van der Waals surface area contributed by atoms with Crippen molar-refractivity contribution < 1.29 is 24.2 Å². The summed E-state index contributed by atoms with van der Waals surface area (Å²) >= 11 is 0. The van der Waals surface area contributed by atoms with E-state index in [1.807, 2.05) is 0 Å². The molecular formula is C24H37N5O5S2. The molecule has 1 amide bonds. The lowest BCUT2D eigenvalue weighted by Gasteiger charge is -2.27. The van der Waals surface area contributed by atoms with Gasteiger partial charge in [0, 0.05) is 19.6 Å². The van der Waals surface area contributed by atoms with Gasteiger partial charge in [0.15, 0.2) is 0 Å². The SMILES string of the molecule is CCCC1(N(C)C(=O)OCc2c(-c3ccc(O[C@H]4CCC[C@H](C(=O)O)C4)cn3)nnn2C)CC1.S.S. The fourth-order valence-electron chi connectivity index (χ4n) is 4.78. The zero-order valence-corrected chi connectivity index (χ0v) is 23.1. The Kier molecular flexibility index (Phi) is 10.5. The van der Waals surface area contributed by atoms with Gasteiger partial charge in [0.2, 0.25) is 0 Å². The van der Waals surface area contributed by atoms with E-state index in [2.05, 4.69) is 22.2 Å². The molecule has 2 fully saturated rings. The Labute approximate surface area is 225 Å². The van der Waals surface area contributed by atoms with Crippen molar-refractivity contribution in [3.05, 3.63) is 24.0 Å². The van der Waals surface area contributed by atoms with Gasteiger partial charge in [-0.3, -0.25) is 9.78 Å². The van der Waals surface area contributed by atoms with E-state index < -0.39 is 5.97 Å². The summed E-state index contributed by atoms with van der Waals surface area (Å²) in [7, 11) is 3.56. The molecule has 2 aliphatic rings. The van der Waals surface area contributed by atoms with Crippen molar-refractivity contribution in [3.63, 3.8) is 0 Å². The molecule has 36 heavy (non-hydrogen) atoms. The first-order valence-electron chi connectivity index (χ1n) is 12.0. The molecule has 0 spiro atoms. The number of nitrogens with zero attached hydrogens (tertiary/aromatic N) is 5. The molecule has 2 atom stereocenters. The van der Waals surface area contributed by atoms with Crippen molar-refractivity contribution in [2.75, 3.05) is 7.05 Å². The van der Waals surface area contributed by atoms with E-state index in [4.69, 9.17) is 9.47 Å². The Balaban J connectivity index is 0.00000228. The predicted molar refractivity (Wildman–Crippen MR) is 144 cm³/mol. The molecule has 0 saturated heterocycles. The third-order valence-electron chi connectivity index (χ3n) is 7.06. The highest BCUT2D eigenvalue weighted by Crippen LogP contribution is 2.45. The van der Waals surface area contributed by atoms with Crippen molar-refractivity contribution in [1.29, 1.82) is 0 Å². The third kappa shape index (κ3) is 6.64. The van der Waals surface area contributed by atoms with Crippen LogP contribution in [0.3, 0.4) is 0 Å². The van der Waals surface area contributed by atoms with Crippen LogP contribution >= 0.6 is 27.0 Å². The molecular weight excluding hydrogens is 502 g/mol. The van der Waals surface area contributed by atoms with E-state index in [1.54, 1.807) is 42.0 Å². The molecule has 0 aliphatic heterocycles. The van der Waals surface area contributed by atoms with Gasteiger partial charge in [-0.1, -0.05) is 18.6 Å². The number of amides is 1. The van der Waals surface area contributed by atoms with E-state index >= 15 is 0 Å². The van der Waals surface area contributed by atoms with Crippen LogP contribution in [0.5, 0.6) is 5.75 Å². The Bertz CT molecular complexity index is 1030. The van der Waals surface area contributed by atoms with E-state index in [0.717, 1.165) is 38.5 Å². The lowest BCUT2D eigenvalue weighted by atomic mass is 9.87. The molecule has 0 unspecified atom stereocenters. The second-order valence-corrected chi connectivity index (χ2v) is 9.42. The second-order valence-electron chi connectivity index (χ2n) is 9.42. The molecule has 2 aromatic heterocycles. The quantitative estimate of drug-likeness (QED) is 0.507. The van der Waals surface area contributed by atoms with E-state index in [9.17, 15) is 14.7 Å². The van der Waals surface area contributed by atoms with Gasteiger partial charge in [0.05, 0.1) is 23.9 Å². The highest BCUT2D eigenvalue weighted by molar-refractivity contribution is 7.59. The maximum atomic E-state index is 12.6. The summed E-state index contributed by atoms with van der Waals surface area (Å²) in [6.07, 6.45) is 8.04. The predicted octanol–water partition coefficient (Wildman–Crippen LogP) is 4.03. The van der Waals surface area contributed by atoms with Crippen molar-refractivity contribution in [2.24, 2.45) is 13.0 Å². The minimum absolute atomic E-state index is 0. The maximum Gasteiger partial charge on any atom is 0.410 e. The molecule has 4 rings (SSSR count). The number of aryl methyl sites for hydroxylation is 1. The smallest absolute Gasteiger partial charge is 0.410 e. The summed E-state index contributed by atoms with van der Waals surface area (Å²) < 4.78 is 13.2. The van der Waals surface area contributed by atoms with Crippen LogP contribution in [0.15, 0.2) is 18.3 Å². The lowest BCUT2D eigenvalue weighted by Crippen LogP contribution is -2.39. The molecule has 2 saturated carbocycles. The normalized spacial score (nSPS) is 19.9. The third-order valence-corrected chi connectivity index (χ3v) is 7.06. The van der Waals surface area contributed by atoms with Crippen LogP contribution in [0, 0.1) is 5.92 Å². The average Bonchev–Trinajstić information content (AvgIpc) is 3.53. The van der Waals surface area contributed by atoms with Gasteiger partial charge in [0.1, 0.15) is 23.7 Å².